The van der Waals surface area contributed by atoms with E-state index in [1.807, 2.05) is 31.2 Å². The molecule has 9 heteroatoms. The maximum absolute atomic E-state index is 13.7. The van der Waals surface area contributed by atoms with E-state index in [-0.39, 0.29) is 30.1 Å². The lowest BCUT2D eigenvalue weighted by Gasteiger charge is -2.59. The number of carbonyl (C=O) groups is 2. The summed E-state index contributed by atoms with van der Waals surface area (Å²) in [6.07, 6.45) is 7.63. The molecule has 9 nitrogen and oxygen atoms in total. The van der Waals surface area contributed by atoms with E-state index in [0.717, 1.165) is 29.5 Å². The zero-order valence-electron chi connectivity index (χ0n) is 24.5. The number of fused-ring (bicyclic) bond motifs is 7. The fourth-order valence-corrected chi connectivity index (χ4v) is 9.56. The molecular formula is C34H39NO8. The van der Waals surface area contributed by atoms with Crippen molar-refractivity contribution in [2.75, 3.05) is 12.3 Å². The van der Waals surface area contributed by atoms with Crippen molar-refractivity contribution in [3.05, 3.63) is 76.8 Å². The highest BCUT2D eigenvalue weighted by Gasteiger charge is 2.76. The van der Waals surface area contributed by atoms with Gasteiger partial charge in [-0.05, 0) is 72.9 Å². The highest BCUT2D eigenvalue weighted by molar-refractivity contribution is 6.01. The third-order valence-corrected chi connectivity index (χ3v) is 11.5. The number of ether oxygens (including phenoxy) is 2. The van der Waals surface area contributed by atoms with Crippen molar-refractivity contribution in [3.63, 3.8) is 0 Å². The molecule has 4 aliphatic carbocycles. The van der Waals surface area contributed by atoms with Gasteiger partial charge in [-0.15, -0.1) is 0 Å². The number of anilines is 1. The number of hydrogen-bond acceptors (Lipinski definition) is 9. The number of furan rings is 1. The predicted octanol–water partition coefficient (Wildman–Crippen LogP) is 3.55. The minimum absolute atomic E-state index is 0.0124. The molecule has 5 N–H and O–H groups in total. The number of allylic oxidation sites excluding steroid dienone is 4. The number of rotatable bonds is 6. The van der Waals surface area contributed by atoms with Crippen LogP contribution in [0.5, 0.6) is 0 Å². The second-order valence-corrected chi connectivity index (χ2v) is 13.6. The molecule has 0 unspecified atom stereocenters. The average Bonchev–Trinajstić information content (AvgIpc) is 3.65. The van der Waals surface area contributed by atoms with Crippen molar-refractivity contribution >= 4 is 17.3 Å². The molecule has 2 aromatic rings. The fourth-order valence-electron chi connectivity index (χ4n) is 9.56. The van der Waals surface area contributed by atoms with Gasteiger partial charge in [-0.3, -0.25) is 9.59 Å². The molecule has 0 spiro atoms. The summed E-state index contributed by atoms with van der Waals surface area (Å²) in [5.41, 5.74) is 7.50. The number of ketones is 2. The molecule has 7 rings (SSSR count). The topological polar surface area (TPSA) is 152 Å². The molecule has 1 aromatic carbocycles. The zero-order chi connectivity index (χ0) is 30.3. The molecule has 1 aromatic heterocycles. The summed E-state index contributed by atoms with van der Waals surface area (Å²) in [6, 6.07) is 7.38. The molecule has 0 radical (unpaired) electrons. The second-order valence-electron chi connectivity index (χ2n) is 13.6. The Kier molecular flexibility index (Phi) is 6.65. The van der Waals surface area contributed by atoms with Gasteiger partial charge in [-0.25, -0.2) is 0 Å². The van der Waals surface area contributed by atoms with Gasteiger partial charge < -0.3 is 34.9 Å². The van der Waals surface area contributed by atoms with E-state index >= 15 is 0 Å². The van der Waals surface area contributed by atoms with Gasteiger partial charge >= 0.3 is 0 Å². The maximum Gasteiger partial charge on any atom is 0.218 e. The molecule has 5 aliphatic rings. The van der Waals surface area contributed by atoms with Crippen LogP contribution in [0.25, 0.3) is 0 Å². The fraction of sp³-hybridized carbons (Fsp3) is 0.529. The summed E-state index contributed by atoms with van der Waals surface area (Å²) in [4.78, 5) is 25.9. The predicted molar refractivity (Wildman–Crippen MR) is 155 cm³/mol. The number of hydrogen-bond donors (Lipinski definition) is 4. The van der Waals surface area contributed by atoms with Gasteiger partial charge in [0.1, 0.15) is 6.61 Å². The standard InChI is InChI=1S/C34H39NO8/c1-32-8-7-22(38)12-21(32)5-6-23-24-13-29-34(28(40)16-37,33(24,2)14-26(39)30(23)32)43-31(42-29)27-11-19(17-41-27)9-18-3-4-20(15-36)25(35)10-18/h3-4,7-8,10-12,17,23-24,26,29-31,36-37,39H,5-6,9,13-16,35H2,1-2H3/t23-,24-,26-,29+,30+,31+,32-,33-,34+/m0/s1. The van der Waals surface area contributed by atoms with Gasteiger partial charge in [0.25, 0.3) is 0 Å². The van der Waals surface area contributed by atoms with E-state index in [4.69, 9.17) is 19.6 Å². The Morgan fingerprint density at radius 3 is 2.72 bits per heavy atom. The summed E-state index contributed by atoms with van der Waals surface area (Å²) in [7, 11) is 0. The van der Waals surface area contributed by atoms with Crippen LogP contribution in [0.4, 0.5) is 5.69 Å². The SMILES string of the molecule is C[C@]12C=CC(=O)C=C1CC[C@@H]1[C@@H]2[C@@H](O)C[C@@]2(C)[C@H]1C[C@H]1O[C@@H](c3cc(Cc4ccc(CO)c(N)c4)co3)O[C@]12C(=O)CO. The Balaban J connectivity index is 1.17. The number of aliphatic hydroxyl groups is 3. The normalized spacial score (nSPS) is 39.6. The summed E-state index contributed by atoms with van der Waals surface area (Å²) in [6.45, 7) is 3.31. The summed E-state index contributed by atoms with van der Waals surface area (Å²) >= 11 is 0. The van der Waals surface area contributed by atoms with Crippen LogP contribution in [0.2, 0.25) is 0 Å². The second kappa shape index (κ2) is 9.97. The average molecular weight is 590 g/mol. The van der Waals surface area contributed by atoms with Crippen molar-refractivity contribution in [2.24, 2.45) is 28.6 Å². The molecule has 0 amide bonds. The molecule has 9 atom stereocenters. The van der Waals surface area contributed by atoms with Gasteiger partial charge in [0.05, 0.1) is 25.1 Å². The summed E-state index contributed by atoms with van der Waals surface area (Å²) < 4.78 is 19.0. The van der Waals surface area contributed by atoms with Crippen LogP contribution < -0.4 is 5.73 Å². The molecule has 1 aliphatic heterocycles. The number of nitrogen functional groups attached to an aromatic ring is 1. The van der Waals surface area contributed by atoms with Gasteiger partial charge in [-0.1, -0.05) is 37.6 Å². The van der Waals surface area contributed by atoms with Crippen LogP contribution in [0.3, 0.4) is 0 Å². The molecule has 4 fully saturated rings. The first-order chi connectivity index (χ1) is 20.5. The van der Waals surface area contributed by atoms with Crippen molar-refractivity contribution in [1.29, 1.82) is 0 Å². The minimum atomic E-state index is -1.43. The van der Waals surface area contributed by atoms with Crippen molar-refractivity contribution in [1.82, 2.24) is 0 Å². The number of Topliss-reactive ketones (excluding diaryl/α,β-unsaturated/α-hetero) is 1. The van der Waals surface area contributed by atoms with Crippen LogP contribution in [0.15, 0.2) is 58.7 Å². The smallest absolute Gasteiger partial charge is 0.218 e. The number of aliphatic hydroxyl groups excluding tert-OH is 3. The van der Waals surface area contributed by atoms with Crippen LogP contribution in [-0.4, -0.2) is 51.3 Å². The molecule has 228 valence electrons. The lowest BCUT2D eigenvalue weighted by Crippen LogP contribution is -2.63. The molecule has 1 saturated heterocycles. The lowest BCUT2D eigenvalue weighted by atomic mass is 9.46. The van der Waals surface area contributed by atoms with Crippen molar-refractivity contribution in [3.8, 4) is 0 Å². The first-order valence-electron chi connectivity index (χ1n) is 15.2. The van der Waals surface area contributed by atoms with Crippen molar-refractivity contribution < 1.29 is 38.8 Å². The zero-order valence-corrected chi connectivity index (χ0v) is 24.5. The molecule has 43 heavy (non-hydrogen) atoms. The van der Waals surface area contributed by atoms with Gasteiger partial charge in [0.2, 0.25) is 6.29 Å². The maximum atomic E-state index is 13.7. The highest BCUT2D eigenvalue weighted by Crippen LogP contribution is 2.70. The van der Waals surface area contributed by atoms with Gasteiger partial charge in [-0.2, -0.15) is 0 Å². The van der Waals surface area contributed by atoms with E-state index in [1.165, 1.54) is 0 Å². The van der Waals surface area contributed by atoms with E-state index in [9.17, 15) is 24.9 Å². The Bertz CT molecular complexity index is 1540. The lowest BCUT2D eigenvalue weighted by molar-refractivity contribution is -0.203. The Morgan fingerprint density at radius 2 is 1.98 bits per heavy atom. The van der Waals surface area contributed by atoms with E-state index in [0.29, 0.717) is 36.3 Å². The first-order valence-corrected chi connectivity index (χ1v) is 15.2. The Morgan fingerprint density at radius 1 is 1.16 bits per heavy atom. The third kappa shape index (κ3) is 4.02. The Hall–Kier alpha value is -3.08. The number of nitrogens with two attached hydrogens (primary N) is 1. The largest absolute Gasteiger partial charge is 0.464 e. The Labute approximate surface area is 250 Å². The molecular weight excluding hydrogens is 550 g/mol. The monoisotopic (exact) mass is 589 g/mol. The number of carbonyl (C=O) groups excluding carboxylic acids is 2. The van der Waals surface area contributed by atoms with Gasteiger partial charge in [0, 0.05) is 34.4 Å². The number of benzene rings is 1. The van der Waals surface area contributed by atoms with Crippen molar-refractivity contribution in [2.45, 2.75) is 76.7 Å². The molecule has 3 saturated carbocycles. The first kappa shape index (κ1) is 28.7. The van der Waals surface area contributed by atoms with E-state index < -0.39 is 47.3 Å². The molecule has 2 heterocycles. The van der Waals surface area contributed by atoms with E-state index in [2.05, 4.69) is 6.92 Å². The third-order valence-electron chi connectivity index (χ3n) is 11.5. The van der Waals surface area contributed by atoms with Crippen LogP contribution in [-0.2, 0) is 32.1 Å². The van der Waals surface area contributed by atoms with Gasteiger partial charge in [0.15, 0.2) is 22.9 Å². The van der Waals surface area contributed by atoms with Crippen LogP contribution in [0, 0.1) is 28.6 Å². The summed E-state index contributed by atoms with van der Waals surface area (Å²) in [5.74, 6) is -0.00600. The summed E-state index contributed by atoms with van der Waals surface area (Å²) in [5, 5.41) is 31.4. The van der Waals surface area contributed by atoms with Crippen LogP contribution in [0.1, 0.15) is 68.3 Å². The van der Waals surface area contributed by atoms with E-state index in [1.54, 1.807) is 24.5 Å². The molecule has 0 bridgehead atoms. The quantitative estimate of drug-likeness (QED) is 0.371. The highest BCUT2D eigenvalue weighted by atomic mass is 16.8. The minimum Gasteiger partial charge on any atom is -0.464 e. The van der Waals surface area contributed by atoms with Crippen LogP contribution >= 0.6 is 0 Å².